The van der Waals surface area contributed by atoms with E-state index in [-0.39, 0.29) is 43.8 Å². The van der Waals surface area contributed by atoms with Crippen LogP contribution in [0.4, 0.5) is 0 Å². The van der Waals surface area contributed by atoms with Crippen molar-refractivity contribution in [3.8, 4) is 0 Å². The third-order valence-electron chi connectivity index (χ3n) is 8.05. The van der Waals surface area contributed by atoms with Crippen LogP contribution in [0.3, 0.4) is 0 Å². The normalized spacial score (nSPS) is 55.6. The van der Waals surface area contributed by atoms with Crippen molar-refractivity contribution < 1.29 is 0 Å². The van der Waals surface area contributed by atoms with Crippen LogP contribution in [-0.4, -0.2) is 28.2 Å². The summed E-state index contributed by atoms with van der Waals surface area (Å²) < 4.78 is -3.13. The third kappa shape index (κ3) is 2.26. The second kappa shape index (κ2) is 6.83. The zero-order valence-corrected chi connectivity index (χ0v) is 23.7. The van der Waals surface area contributed by atoms with E-state index >= 15 is 0 Å². The number of halogens is 12. The van der Waals surface area contributed by atoms with Crippen LogP contribution in [0, 0.1) is 23.7 Å². The van der Waals surface area contributed by atoms with Gasteiger partial charge in [0.25, 0.3) is 0 Å². The Bertz CT molecular complexity index is 922. The summed E-state index contributed by atoms with van der Waals surface area (Å²) >= 11 is 80.6. The average Bonchev–Trinajstić information content (AvgIpc) is 3.03. The number of rotatable bonds is 1. The zero-order chi connectivity index (χ0) is 22.4. The van der Waals surface area contributed by atoms with Crippen LogP contribution in [0.1, 0.15) is 25.7 Å². The summed E-state index contributed by atoms with van der Waals surface area (Å²) in [6.07, 6.45) is 2.37. The van der Waals surface area contributed by atoms with Crippen molar-refractivity contribution in [2.24, 2.45) is 23.7 Å². The minimum atomic E-state index is -1.57. The van der Waals surface area contributed by atoms with Crippen molar-refractivity contribution in [2.75, 3.05) is 0 Å². The van der Waals surface area contributed by atoms with E-state index in [0.29, 0.717) is 19.3 Å². The maximum absolute atomic E-state index is 7.03. The van der Waals surface area contributed by atoms with Crippen LogP contribution >= 0.6 is 139 Å². The number of hydrogen-bond donors (Lipinski definition) is 0. The minimum Gasteiger partial charge on any atom is -0.110 e. The Morgan fingerprint density at radius 3 is 1.50 bits per heavy atom. The van der Waals surface area contributed by atoms with Crippen LogP contribution < -0.4 is 0 Å². The largest absolute Gasteiger partial charge is 0.166 e. The predicted molar refractivity (Wildman–Crippen MR) is 133 cm³/mol. The Labute approximate surface area is 234 Å². The van der Waals surface area contributed by atoms with Crippen molar-refractivity contribution in [1.29, 1.82) is 0 Å². The molecule has 0 aromatic carbocycles. The number of hydrogen-bond acceptors (Lipinski definition) is 0. The van der Waals surface area contributed by atoms with Crippen molar-refractivity contribution >= 4 is 139 Å². The van der Waals surface area contributed by atoms with Gasteiger partial charge in [-0.05, 0) is 49.4 Å². The molecule has 0 radical (unpaired) electrons. The van der Waals surface area contributed by atoms with Crippen molar-refractivity contribution in [3.63, 3.8) is 0 Å². The first-order valence-corrected chi connectivity index (χ1v) is 13.7. The van der Waals surface area contributed by atoms with Crippen molar-refractivity contribution in [1.82, 2.24) is 0 Å². The van der Waals surface area contributed by atoms with Gasteiger partial charge in [-0.1, -0.05) is 92.8 Å². The lowest BCUT2D eigenvalue weighted by atomic mass is 9.64. The van der Waals surface area contributed by atoms with Crippen LogP contribution in [0.2, 0.25) is 0 Å². The molecule has 30 heavy (non-hydrogen) atoms. The monoisotopic (exact) mass is 648 g/mol. The zero-order valence-electron chi connectivity index (χ0n) is 14.7. The van der Waals surface area contributed by atoms with Gasteiger partial charge in [0.05, 0.1) is 20.1 Å². The Hall–Kier alpha value is 2.96. The molecule has 4 bridgehead atoms. The average molecular weight is 654 g/mol. The number of alkyl halides is 8. The standard InChI is InChI=1S/C18H12Cl12/c19-9-10(20)16(26)8(4-13(9,23)17(16,27)28)5-1-2-6-7(3-5)15(25)12(22)11(21)14(6,24)18(15,29)30/h5-8H,1-4H2/t5-,6+,7-,8+,13+,14-,15-,16+/m1/s1. The summed E-state index contributed by atoms with van der Waals surface area (Å²) in [5.41, 5.74) is 0. The van der Waals surface area contributed by atoms with Gasteiger partial charge in [-0.25, -0.2) is 0 Å². The van der Waals surface area contributed by atoms with E-state index in [2.05, 4.69) is 0 Å². The van der Waals surface area contributed by atoms with Crippen molar-refractivity contribution in [3.05, 3.63) is 20.1 Å². The molecule has 3 saturated carbocycles. The van der Waals surface area contributed by atoms with Gasteiger partial charge in [0.15, 0.2) is 8.67 Å². The second-order valence-corrected chi connectivity index (χ2v) is 15.5. The molecule has 12 heteroatoms. The lowest BCUT2D eigenvalue weighted by Crippen LogP contribution is -2.48. The first-order valence-electron chi connectivity index (χ1n) is 9.20. The fourth-order valence-electron chi connectivity index (χ4n) is 6.58. The molecule has 0 nitrogen and oxygen atoms in total. The molecule has 5 aliphatic rings. The molecule has 0 saturated heterocycles. The molecule has 168 valence electrons. The molecule has 0 N–H and O–H groups in total. The van der Waals surface area contributed by atoms with Gasteiger partial charge in [0.1, 0.15) is 19.5 Å². The Kier molecular flexibility index (Phi) is 5.61. The van der Waals surface area contributed by atoms with Gasteiger partial charge in [0.2, 0.25) is 0 Å². The predicted octanol–water partition coefficient (Wildman–Crippen LogP) is 9.72. The highest BCUT2D eigenvalue weighted by molar-refractivity contribution is 6.66. The van der Waals surface area contributed by atoms with Crippen LogP contribution in [0.25, 0.3) is 0 Å². The Balaban J connectivity index is 1.55. The smallest absolute Gasteiger partial charge is 0.110 e. The highest BCUT2D eigenvalue weighted by atomic mass is 35.5. The van der Waals surface area contributed by atoms with E-state index in [1.54, 1.807) is 0 Å². The van der Waals surface area contributed by atoms with Gasteiger partial charge in [-0.3, -0.25) is 0 Å². The van der Waals surface area contributed by atoms with E-state index in [1.807, 2.05) is 0 Å². The van der Waals surface area contributed by atoms with E-state index < -0.39 is 28.2 Å². The molecule has 5 aliphatic carbocycles. The fourth-order valence-corrected chi connectivity index (χ4v) is 12.6. The topological polar surface area (TPSA) is 0 Å². The van der Waals surface area contributed by atoms with Crippen LogP contribution in [0.15, 0.2) is 20.1 Å². The number of allylic oxidation sites excluding steroid dienone is 4. The molecule has 8 atom stereocenters. The van der Waals surface area contributed by atoms with E-state index in [0.717, 1.165) is 6.42 Å². The summed E-state index contributed by atoms with van der Waals surface area (Å²) in [4.78, 5) is -5.15. The Morgan fingerprint density at radius 2 is 1.00 bits per heavy atom. The molecule has 0 heterocycles. The van der Waals surface area contributed by atoms with Gasteiger partial charge in [-0.2, -0.15) is 0 Å². The SMILES string of the molecule is ClC1=C(Cl)[C@@]2(Cl)C[C@@H]([C@@H]3CC[C@H]4[C@@H](C3)[C@@]3(Cl)C(Cl)=C(Cl)[C@@]4(Cl)C3(Cl)Cl)[C@@]1(Cl)C2(Cl)Cl. The van der Waals surface area contributed by atoms with Crippen molar-refractivity contribution in [2.45, 2.75) is 53.8 Å². The molecule has 0 unspecified atom stereocenters. The summed E-state index contributed by atoms with van der Waals surface area (Å²) in [5.74, 6) is -0.614. The first-order chi connectivity index (χ1) is 13.6. The highest BCUT2D eigenvalue weighted by Crippen LogP contribution is 2.80. The molecule has 0 aromatic rings. The van der Waals surface area contributed by atoms with Gasteiger partial charge in [-0.15, -0.1) is 46.4 Å². The van der Waals surface area contributed by atoms with Gasteiger partial charge in [0, 0.05) is 0 Å². The first kappa shape index (κ1) is 24.6. The summed E-state index contributed by atoms with van der Waals surface area (Å²) in [5, 5.41) is 0.802. The molecular formula is C18H12Cl12. The maximum Gasteiger partial charge on any atom is 0.166 e. The summed E-state index contributed by atoms with van der Waals surface area (Å²) in [6.45, 7) is 0. The van der Waals surface area contributed by atoms with Crippen LogP contribution in [-0.2, 0) is 0 Å². The van der Waals surface area contributed by atoms with Gasteiger partial charge >= 0.3 is 0 Å². The second-order valence-electron chi connectivity index (χ2n) is 8.94. The number of fused-ring (bicyclic) bond motifs is 7. The minimum absolute atomic E-state index is 0.0161. The summed E-state index contributed by atoms with van der Waals surface area (Å²) in [7, 11) is 0. The molecule has 0 aromatic heterocycles. The van der Waals surface area contributed by atoms with E-state index in [4.69, 9.17) is 139 Å². The lowest BCUT2D eigenvalue weighted by Gasteiger charge is -2.47. The molecule has 3 fully saturated rings. The molecule has 5 rings (SSSR count). The molecular weight excluding hydrogens is 642 g/mol. The quantitative estimate of drug-likeness (QED) is 0.247. The van der Waals surface area contributed by atoms with Crippen LogP contribution in [0.5, 0.6) is 0 Å². The third-order valence-corrected chi connectivity index (χ3v) is 16.7. The molecule has 0 aliphatic heterocycles. The maximum atomic E-state index is 7.03. The van der Waals surface area contributed by atoms with Gasteiger partial charge < -0.3 is 0 Å². The highest BCUT2D eigenvalue weighted by Gasteiger charge is 2.84. The Morgan fingerprint density at radius 1 is 0.533 bits per heavy atom. The molecule has 0 spiro atoms. The van der Waals surface area contributed by atoms with E-state index in [9.17, 15) is 0 Å². The summed E-state index contributed by atoms with van der Waals surface area (Å²) in [6, 6.07) is 0. The lowest BCUT2D eigenvalue weighted by molar-refractivity contribution is 0.126. The van der Waals surface area contributed by atoms with E-state index in [1.165, 1.54) is 0 Å². The fraction of sp³-hybridized carbons (Fsp3) is 0.778. The molecule has 0 amide bonds.